The average Bonchev–Trinajstić information content (AvgIpc) is 3.42. The molecule has 1 fully saturated rings. The first-order valence-electron chi connectivity index (χ1n) is 10.3. The van der Waals surface area contributed by atoms with E-state index in [0.29, 0.717) is 27.3 Å². The van der Waals surface area contributed by atoms with E-state index >= 15 is 0 Å². The second kappa shape index (κ2) is 8.16. The van der Waals surface area contributed by atoms with Crippen molar-refractivity contribution in [3.8, 4) is 11.8 Å². The van der Waals surface area contributed by atoms with Crippen molar-refractivity contribution >= 4 is 49.7 Å². The number of carbonyl (C=O) groups excluding carboxylic acids is 1. The van der Waals surface area contributed by atoms with Gasteiger partial charge >= 0.3 is 0 Å². The molecule has 1 amide bonds. The summed E-state index contributed by atoms with van der Waals surface area (Å²) in [7, 11) is 1.67. The molecule has 0 saturated heterocycles. The number of benzene rings is 1. The third kappa shape index (κ3) is 3.54. The highest BCUT2D eigenvalue weighted by atomic mass is 79.9. The molecule has 1 aliphatic carbocycles. The molecule has 1 aliphatic rings. The topological polar surface area (TPSA) is 121 Å². The van der Waals surface area contributed by atoms with Crippen LogP contribution in [0.15, 0.2) is 41.3 Å². The molecule has 1 aromatic carbocycles. The number of halogens is 1. The van der Waals surface area contributed by atoms with Crippen LogP contribution < -0.4 is 10.6 Å². The summed E-state index contributed by atoms with van der Waals surface area (Å²) < 4.78 is 2.34. The Morgan fingerprint density at radius 2 is 2.16 bits per heavy atom. The number of aromatic nitrogens is 5. The molecule has 32 heavy (non-hydrogen) atoms. The van der Waals surface area contributed by atoms with Crippen molar-refractivity contribution in [3.05, 3.63) is 46.8 Å². The van der Waals surface area contributed by atoms with Crippen LogP contribution in [0, 0.1) is 17.2 Å². The lowest BCUT2D eigenvalue weighted by Gasteiger charge is -2.13. The molecule has 0 unspecified atom stereocenters. The second-order valence-corrected chi connectivity index (χ2v) is 8.53. The lowest BCUT2D eigenvalue weighted by Crippen LogP contribution is -2.27. The van der Waals surface area contributed by atoms with Crippen molar-refractivity contribution in [3.63, 3.8) is 0 Å². The van der Waals surface area contributed by atoms with Gasteiger partial charge in [-0.05, 0) is 47.3 Å². The number of carbonyl (C=O) groups is 1. The summed E-state index contributed by atoms with van der Waals surface area (Å²) in [6, 6.07) is 9.74. The van der Waals surface area contributed by atoms with Gasteiger partial charge in [-0.1, -0.05) is 12.1 Å². The highest BCUT2D eigenvalue weighted by Crippen LogP contribution is 2.29. The van der Waals surface area contributed by atoms with Crippen molar-refractivity contribution < 1.29 is 4.79 Å². The molecule has 160 valence electrons. The summed E-state index contributed by atoms with van der Waals surface area (Å²) >= 11 is 3.49. The smallest absolute Gasteiger partial charge is 0.224 e. The molecule has 5 rings (SSSR count). The van der Waals surface area contributed by atoms with E-state index in [0.717, 1.165) is 35.7 Å². The Morgan fingerprint density at radius 1 is 1.28 bits per heavy atom. The highest BCUT2D eigenvalue weighted by Gasteiger charge is 2.29. The van der Waals surface area contributed by atoms with E-state index in [2.05, 4.69) is 47.7 Å². The van der Waals surface area contributed by atoms with E-state index in [1.807, 2.05) is 18.2 Å². The molecule has 4 aromatic rings. The van der Waals surface area contributed by atoms with E-state index in [1.165, 1.54) is 0 Å². The standard InChI is InChI=1S/C22H19BrN8O/c1-25-21(32)13-5-6-15(7-13)28-22-27-11-17-19(23)30-31(20(17)29-22)16-8-12-3-2-4-14(9-24)18(12)26-10-16/h2-4,8,10-11,13,15H,5-7H2,1H3,(H,25,32)(H,27,28,29)/t13-,15+/m0/s1. The largest absolute Gasteiger partial charge is 0.359 e. The lowest BCUT2D eigenvalue weighted by molar-refractivity contribution is -0.124. The fourth-order valence-corrected chi connectivity index (χ4v) is 4.65. The molecule has 3 aromatic heterocycles. The number of anilines is 1. The zero-order valence-electron chi connectivity index (χ0n) is 17.2. The van der Waals surface area contributed by atoms with Gasteiger partial charge in [-0.15, -0.1) is 0 Å². The zero-order valence-corrected chi connectivity index (χ0v) is 18.8. The van der Waals surface area contributed by atoms with Crippen LogP contribution in [0.5, 0.6) is 0 Å². The first kappa shape index (κ1) is 20.3. The number of hydrogen-bond acceptors (Lipinski definition) is 7. The molecule has 0 bridgehead atoms. The van der Waals surface area contributed by atoms with Gasteiger partial charge in [0.15, 0.2) is 5.65 Å². The lowest BCUT2D eigenvalue weighted by atomic mass is 10.1. The van der Waals surface area contributed by atoms with Crippen molar-refractivity contribution in [2.24, 2.45) is 5.92 Å². The van der Waals surface area contributed by atoms with E-state index in [9.17, 15) is 10.1 Å². The highest BCUT2D eigenvalue weighted by molar-refractivity contribution is 9.10. The number of para-hydroxylation sites is 1. The van der Waals surface area contributed by atoms with Gasteiger partial charge in [0, 0.05) is 30.6 Å². The molecule has 10 heteroatoms. The van der Waals surface area contributed by atoms with Crippen molar-refractivity contribution in [1.82, 2.24) is 30.0 Å². The predicted octanol–water partition coefficient (Wildman–Crippen LogP) is 3.32. The summed E-state index contributed by atoms with van der Waals surface area (Å²) in [5.41, 5.74) is 2.54. The number of amides is 1. The van der Waals surface area contributed by atoms with Crippen LogP contribution >= 0.6 is 15.9 Å². The fourth-order valence-electron chi connectivity index (χ4n) is 4.21. The number of hydrogen-bond donors (Lipinski definition) is 2. The maximum absolute atomic E-state index is 11.9. The number of rotatable bonds is 4. The third-order valence-electron chi connectivity index (χ3n) is 5.82. The minimum atomic E-state index is 0.0166. The molecule has 9 nitrogen and oxygen atoms in total. The second-order valence-electron chi connectivity index (χ2n) is 7.78. The number of pyridine rings is 1. The Morgan fingerprint density at radius 3 is 2.97 bits per heavy atom. The average molecular weight is 491 g/mol. The first-order chi connectivity index (χ1) is 15.6. The van der Waals surface area contributed by atoms with Crippen molar-refractivity contribution in [2.75, 3.05) is 12.4 Å². The van der Waals surface area contributed by atoms with Crippen LogP contribution in [0.1, 0.15) is 24.8 Å². The SMILES string of the molecule is CNC(=O)[C@H]1CC[C@@H](Nc2ncc3c(Br)nn(-c4cnc5c(C#N)cccc5c4)c3n2)C1. The van der Waals surface area contributed by atoms with Gasteiger partial charge in [-0.3, -0.25) is 9.78 Å². The normalized spacial score (nSPS) is 18.0. The molecule has 3 heterocycles. The monoisotopic (exact) mass is 490 g/mol. The van der Waals surface area contributed by atoms with Crippen LogP contribution in [0.25, 0.3) is 27.6 Å². The van der Waals surface area contributed by atoms with Crippen LogP contribution in [0.4, 0.5) is 5.95 Å². The maximum Gasteiger partial charge on any atom is 0.224 e. The Balaban J connectivity index is 1.49. The Labute approximate surface area is 192 Å². The van der Waals surface area contributed by atoms with Gasteiger partial charge < -0.3 is 10.6 Å². The van der Waals surface area contributed by atoms with Crippen LogP contribution in [-0.2, 0) is 4.79 Å². The van der Waals surface area contributed by atoms with Gasteiger partial charge in [0.1, 0.15) is 10.7 Å². The Hall–Kier alpha value is -3.58. The van der Waals surface area contributed by atoms with Gasteiger partial charge in [-0.2, -0.15) is 15.3 Å². The molecular weight excluding hydrogens is 472 g/mol. The van der Waals surface area contributed by atoms with E-state index in [-0.39, 0.29) is 17.9 Å². The van der Waals surface area contributed by atoms with Crippen LogP contribution in [0.2, 0.25) is 0 Å². The fraction of sp³-hybridized carbons (Fsp3) is 0.273. The number of nitrogens with one attached hydrogen (secondary N) is 2. The molecule has 0 spiro atoms. The predicted molar refractivity (Wildman–Crippen MR) is 123 cm³/mol. The summed E-state index contributed by atoms with van der Waals surface area (Å²) in [6.45, 7) is 0. The zero-order chi connectivity index (χ0) is 22.2. The van der Waals surface area contributed by atoms with Gasteiger partial charge in [0.25, 0.3) is 0 Å². The summed E-state index contributed by atoms with van der Waals surface area (Å²) in [4.78, 5) is 25.6. The molecular formula is C22H19BrN8O. The maximum atomic E-state index is 11.9. The van der Waals surface area contributed by atoms with Crippen molar-refractivity contribution in [1.29, 1.82) is 5.26 Å². The minimum Gasteiger partial charge on any atom is -0.359 e. The summed E-state index contributed by atoms with van der Waals surface area (Å²) in [5, 5.41) is 21.6. The molecule has 1 saturated carbocycles. The quantitative estimate of drug-likeness (QED) is 0.449. The van der Waals surface area contributed by atoms with E-state index in [4.69, 9.17) is 4.98 Å². The van der Waals surface area contributed by atoms with Crippen molar-refractivity contribution in [2.45, 2.75) is 25.3 Å². The van der Waals surface area contributed by atoms with Crippen LogP contribution in [0.3, 0.4) is 0 Å². The summed E-state index contributed by atoms with van der Waals surface area (Å²) in [5.74, 6) is 0.591. The minimum absolute atomic E-state index is 0.0166. The first-order valence-corrected chi connectivity index (χ1v) is 11.1. The Kier molecular flexibility index (Phi) is 5.19. The number of nitriles is 1. The van der Waals surface area contributed by atoms with Crippen LogP contribution in [-0.4, -0.2) is 43.7 Å². The van der Waals surface area contributed by atoms with Gasteiger partial charge in [-0.25, -0.2) is 9.67 Å². The molecule has 0 radical (unpaired) electrons. The third-order valence-corrected chi connectivity index (χ3v) is 6.41. The van der Waals surface area contributed by atoms with E-state index in [1.54, 1.807) is 30.2 Å². The summed E-state index contributed by atoms with van der Waals surface area (Å²) in [6.07, 6.45) is 5.89. The molecule has 2 atom stereocenters. The molecule has 2 N–H and O–H groups in total. The number of fused-ring (bicyclic) bond motifs is 2. The molecule has 0 aliphatic heterocycles. The Bertz CT molecular complexity index is 1390. The number of nitrogens with zero attached hydrogens (tertiary/aromatic N) is 6. The van der Waals surface area contributed by atoms with E-state index < -0.39 is 0 Å². The van der Waals surface area contributed by atoms with Gasteiger partial charge in [0.2, 0.25) is 11.9 Å². The van der Waals surface area contributed by atoms with Gasteiger partial charge in [0.05, 0.1) is 28.4 Å².